The molecule has 1 aromatic heterocycles. The number of benzene rings is 1. The van der Waals surface area contributed by atoms with E-state index in [9.17, 15) is 23.1 Å². The molecular formula is C26H34F3N7O2. The minimum absolute atomic E-state index is 0.0544. The van der Waals surface area contributed by atoms with Crippen LogP contribution in [0.3, 0.4) is 0 Å². The highest BCUT2D eigenvalue weighted by atomic mass is 19.2. The van der Waals surface area contributed by atoms with Crippen molar-refractivity contribution in [3.63, 3.8) is 0 Å². The minimum atomic E-state index is -1.36. The lowest BCUT2D eigenvalue weighted by molar-refractivity contribution is -0.122. The van der Waals surface area contributed by atoms with Gasteiger partial charge in [0.1, 0.15) is 11.5 Å². The maximum atomic E-state index is 14.5. The van der Waals surface area contributed by atoms with Crippen molar-refractivity contribution in [1.29, 1.82) is 0 Å². The molecule has 0 spiro atoms. The third kappa shape index (κ3) is 5.85. The van der Waals surface area contributed by atoms with Gasteiger partial charge in [0.25, 0.3) is 0 Å². The Bertz CT molecular complexity index is 1220. The molecule has 38 heavy (non-hydrogen) atoms. The highest BCUT2D eigenvalue weighted by Gasteiger charge is 2.31. The second-order valence-corrected chi connectivity index (χ2v) is 10.3. The summed E-state index contributed by atoms with van der Waals surface area (Å²) in [7, 11) is 0. The van der Waals surface area contributed by atoms with E-state index in [1.165, 1.54) is 0 Å². The lowest BCUT2D eigenvalue weighted by atomic mass is 9.85. The fourth-order valence-corrected chi connectivity index (χ4v) is 5.30. The fraction of sp³-hybridized carbons (Fsp3) is 0.538. The van der Waals surface area contributed by atoms with Crippen LogP contribution in [0.4, 0.5) is 30.6 Å². The molecule has 2 fully saturated rings. The predicted molar refractivity (Wildman–Crippen MR) is 139 cm³/mol. The Morgan fingerprint density at radius 3 is 2.47 bits per heavy atom. The third-order valence-electron chi connectivity index (χ3n) is 7.65. The molecule has 12 heteroatoms. The third-order valence-corrected chi connectivity index (χ3v) is 7.65. The van der Waals surface area contributed by atoms with Gasteiger partial charge in [0.2, 0.25) is 17.8 Å². The van der Waals surface area contributed by atoms with Crippen LogP contribution >= 0.6 is 0 Å². The Morgan fingerprint density at radius 1 is 1.16 bits per heavy atom. The number of guanidine groups is 1. The molecule has 3 atom stereocenters. The number of aliphatic hydroxyl groups is 1. The lowest BCUT2D eigenvalue weighted by Crippen LogP contribution is -2.41. The smallest absolute Gasteiger partial charge is 0.224 e. The number of nitrogens with zero attached hydrogens (tertiary/aromatic N) is 4. The molecule has 0 aliphatic heterocycles. The summed E-state index contributed by atoms with van der Waals surface area (Å²) in [5.74, 6) is -3.26. The van der Waals surface area contributed by atoms with Crippen molar-refractivity contribution in [2.45, 2.75) is 77.0 Å². The zero-order chi connectivity index (χ0) is 27.6. The molecule has 5 N–H and O–H groups in total. The van der Waals surface area contributed by atoms with Gasteiger partial charge in [-0.3, -0.25) is 9.36 Å². The van der Waals surface area contributed by atoms with E-state index in [2.05, 4.69) is 32.3 Å². The zero-order valence-corrected chi connectivity index (χ0v) is 21.6. The molecule has 0 bridgehead atoms. The van der Waals surface area contributed by atoms with Crippen molar-refractivity contribution in [2.24, 2.45) is 27.6 Å². The average molecular weight is 534 g/mol. The van der Waals surface area contributed by atoms with Crippen LogP contribution in [0.25, 0.3) is 0 Å². The molecular weight excluding hydrogens is 499 g/mol. The lowest BCUT2D eigenvalue weighted by Gasteiger charge is -2.32. The van der Waals surface area contributed by atoms with Crippen molar-refractivity contribution < 1.29 is 23.1 Å². The molecule has 206 valence electrons. The minimum Gasteiger partial charge on any atom is -0.393 e. The monoisotopic (exact) mass is 533 g/mol. The number of aryl methyl sites for hydroxylation is 1. The van der Waals surface area contributed by atoms with Gasteiger partial charge in [0.05, 0.1) is 11.8 Å². The highest BCUT2D eigenvalue weighted by Crippen LogP contribution is 2.40. The number of carbonyl (C=O) groups is 1. The molecule has 0 unspecified atom stereocenters. The SMILES string of the molecule is C=N/C(=N\c1c(C)nc(Nc2c(F)ccc(F)c2F)n1[C@H]1CC[C@@H](C(N)=O)CC1)N[C@@H]1CC[C@@H](C)[C@H](O)C1. The summed E-state index contributed by atoms with van der Waals surface area (Å²) in [6.45, 7) is 7.33. The van der Waals surface area contributed by atoms with E-state index in [0.717, 1.165) is 18.9 Å². The van der Waals surface area contributed by atoms with E-state index >= 15 is 0 Å². The topological polar surface area (TPSA) is 130 Å². The van der Waals surface area contributed by atoms with Crippen molar-refractivity contribution in [2.75, 3.05) is 5.32 Å². The van der Waals surface area contributed by atoms with E-state index < -0.39 is 29.2 Å². The number of rotatable bonds is 6. The molecule has 2 aromatic rings. The predicted octanol–water partition coefficient (Wildman–Crippen LogP) is 4.40. The summed E-state index contributed by atoms with van der Waals surface area (Å²) in [6.07, 6.45) is 3.94. The molecule has 2 aliphatic rings. The van der Waals surface area contributed by atoms with Crippen molar-refractivity contribution in [1.82, 2.24) is 14.9 Å². The maximum Gasteiger partial charge on any atom is 0.224 e. The molecule has 2 saturated carbocycles. The number of carbonyl (C=O) groups excluding carboxylic acids is 1. The molecule has 2 aliphatic carbocycles. The standard InChI is InChI=1S/C26H34F3N7O2/c1-13-4-7-16(12-20(13)37)33-25(31-3)35-24-14(2)32-26(34-22-19(28)11-10-18(27)21(22)29)36(24)17-8-5-15(6-9-17)23(30)38/h10-11,13,15-17,20,37H,3-9,12H2,1-2H3,(H2,30,38)(H,32,34)(H,33,35)/t13-,15-,16-,17+,20-/m1/s1. The fourth-order valence-electron chi connectivity index (χ4n) is 5.30. The van der Waals surface area contributed by atoms with Crippen LogP contribution in [-0.4, -0.2) is 45.4 Å². The van der Waals surface area contributed by atoms with Gasteiger partial charge in [0.15, 0.2) is 17.5 Å². The normalized spacial score (nSPS) is 26.2. The second-order valence-electron chi connectivity index (χ2n) is 10.3. The van der Waals surface area contributed by atoms with Crippen molar-refractivity contribution in [3.8, 4) is 0 Å². The number of aliphatic hydroxyl groups excluding tert-OH is 1. The molecule has 1 aromatic carbocycles. The summed E-state index contributed by atoms with van der Waals surface area (Å²) in [5.41, 5.74) is 5.28. The van der Waals surface area contributed by atoms with Gasteiger partial charge < -0.3 is 21.5 Å². The molecule has 9 nitrogen and oxygen atoms in total. The number of anilines is 2. The number of aromatic nitrogens is 2. The zero-order valence-electron chi connectivity index (χ0n) is 21.6. The summed E-state index contributed by atoms with van der Waals surface area (Å²) in [6, 6.07) is 1.27. The van der Waals surface area contributed by atoms with E-state index in [0.29, 0.717) is 49.7 Å². The molecule has 4 rings (SSSR count). The first-order chi connectivity index (χ1) is 18.1. The highest BCUT2D eigenvalue weighted by molar-refractivity contribution is 5.86. The first kappa shape index (κ1) is 27.6. The number of halogens is 3. The molecule has 0 radical (unpaired) electrons. The van der Waals surface area contributed by atoms with Crippen molar-refractivity contribution >= 4 is 36.0 Å². The number of hydrogen-bond acceptors (Lipinski definition) is 5. The Hall–Kier alpha value is -3.41. The Balaban J connectivity index is 1.71. The van der Waals surface area contributed by atoms with Gasteiger partial charge in [-0.15, -0.1) is 0 Å². The van der Waals surface area contributed by atoms with Gasteiger partial charge in [0, 0.05) is 18.0 Å². The van der Waals surface area contributed by atoms with E-state index in [4.69, 9.17) is 5.73 Å². The molecule has 1 heterocycles. The second kappa shape index (κ2) is 11.5. The Morgan fingerprint density at radius 2 is 1.84 bits per heavy atom. The number of primary amides is 1. The number of aliphatic imine (C=N–C) groups is 2. The number of amides is 1. The molecule has 1 amide bonds. The first-order valence-corrected chi connectivity index (χ1v) is 12.9. The number of nitrogens with two attached hydrogens (primary N) is 1. The summed E-state index contributed by atoms with van der Waals surface area (Å²) >= 11 is 0. The Kier molecular flexibility index (Phi) is 8.39. The maximum absolute atomic E-state index is 14.5. The summed E-state index contributed by atoms with van der Waals surface area (Å²) < 4.78 is 44.6. The number of imidazole rings is 1. The molecule has 0 saturated heterocycles. The first-order valence-electron chi connectivity index (χ1n) is 12.9. The van der Waals surface area contributed by atoms with E-state index in [1.807, 2.05) is 6.92 Å². The quantitative estimate of drug-likeness (QED) is 0.249. The largest absolute Gasteiger partial charge is 0.393 e. The van der Waals surface area contributed by atoms with Crippen molar-refractivity contribution in [3.05, 3.63) is 35.3 Å². The van der Waals surface area contributed by atoms with Gasteiger partial charge in [-0.05, 0) is 76.6 Å². The van der Waals surface area contributed by atoms with Crippen LogP contribution in [0.1, 0.15) is 63.6 Å². The van der Waals surface area contributed by atoms with Crippen LogP contribution in [0.5, 0.6) is 0 Å². The summed E-state index contributed by atoms with van der Waals surface area (Å²) in [4.78, 5) is 24.9. The van der Waals surface area contributed by atoms with Crippen LogP contribution in [0.15, 0.2) is 22.1 Å². The van der Waals surface area contributed by atoms with Crippen LogP contribution < -0.4 is 16.4 Å². The van der Waals surface area contributed by atoms with E-state index in [1.54, 1.807) is 11.5 Å². The Labute approximate surface area is 219 Å². The van der Waals surface area contributed by atoms with Gasteiger partial charge in [-0.1, -0.05) is 6.92 Å². The van der Waals surface area contributed by atoms with Gasteiger partial charge in [-0.2, -0.15) is 4.99 Å². The van der Waals surface area contributed by atoms with Gasteiger partial charge >= 0.3 is 0 Å². The number of hydrogen-bond donors (Lipinski definition) is 4. The van der Waals surface area contributed by atoms with Gasteiger partial charge in [-0.25, -0.2) is 23.1 Å². The van der Waals surface area contributed by atoms with E-state index in [-0.39, 0.29) is 41.7 Å². The van der Waals surface area contributed by atoms with Crippen LogP contribution in [-0.2, 0) is 4.79 Å². The average Bonchev–Trinajstić information content (AvgIpc) is 3.20. The van der Waals surface area contributed by atoms with Crippen LogP contribution in [0.2, 0.25) is 0 Å². The van der Waals surface area contributed by atoms with Crippen LogP contribution in [0, 0.1) is 36.2 Å². The number of nitrogens with one attached hydrogen (secondary N) is 2. The summed E-state index contributed by atoms with van der Waals surface area (Å²) in [5, 5.41) is 16.1.